The fourth-order valence-electron chi connectivity index (χ4n) is 1.70. The van der Waals surface area contributed by atoms with Crippen LogP contribution in [0.1, 0.15) is 10.5 Å². The fraction of sp³-hybridized carbons (Fsp3) is 0.167. The molecule has 0 saturated heterocycles. The zero-order valence-corrected chi connectivity index (χ0v) is 12.3. The molecule has 2 rings (SSSR count). The average Bonchev–Trinajstić information content (AvgIpc) is 2.86. The molecule has 1 aromatic carbocycles. The van der Waals surface area contributed by atoms with E-state index in [1.54, 1.807) is 14.1 Å². The lowest BCUT2D eigenvalue weighted by Gasteiger charge is -2.09. The quantitative estimate of drug-likeness (QED) is 0.760. The van der Waals surface area contributed by atoms with Gasteiger partial charge in [-0.1, -0.05) is 0 Å². The number of sulfonamides is 1. The van der Waals surface area contributed by atoms with Gasteiger partial charge in [-0.05, 0) is 24.3 Å². The highest BCUT2D eigenvalue weighted by Gasteiger charge is 2.15. The molecule has 4 N–H and O–H groups in total. The summed E-state index contributed by atoms with van der Waals surface area (Å²) in [6.07, 6.45) is 1.52. The zero-order valence-electron chi connectivity index (χ0n) is 11.5. The van der Waals surface area contributed by atoms with Gasteiger partial charge in [0.25, 0.3) is 5.91 Å². The van der Waals surface area contributed by atoms with Gasteiger partial charge in [-0.15, -0.1) is 0 Å². The van der Waals surface area contributed by atoms with Gasteiger partial charge in [0, 0.05) is 20.3 Å². The molecule has 112 valence electrons. The van der Waals surface area contributed by atoms with E-state index in [1.165, 1.54) is 40.0 Å². The summed E-state index contributed by atoms with van der Waals surface area (Å²) in [7, 11) is -0.628. The largest absolute Gasteiger partial charge is 0.397 e. The molecular formula is C12H15N5O3S. The molecule has 21 heavy (non-hydrogen) atoms. The van der Waals surface area contributed by atoms with Gasteiger partial charge in [-0.2, -0.15) is 5.10 Å². The first-order chi connectivity index (χ1) is 9.70. The van der Waals surface area contributed by atoms with Crippen LogP contribution in [0, 0.1) is 0 Å². The van der Waals surface area contributed by atoms with Gasteiger partial charge in [-0.25, -0.2) is 18.2 Å². The summed E-state index contributed by atoms with van der Waals surface area (Å²) in [6.45, 7) is 0. The van der Waals surface area contributed by atoms with Crippen molar-refractivity contribution in [1.29, 1.82) is 0 Å². The van der Waals surface area contributed by atoms with E-state index < -0.39 is 10.0 Å². The van der Waals surface area contributed by atoms with Crippen LogP contribution in [0.15, 0.2) is 35.4 Å². The summed E-state index contributed by atoms with van der Waals surface area (Å²) in [5, 5.41) is 9.18. The summed E-state index contributed by atoms with van der Waals surface area (Å²) in [5.74, 6) is -0.269. The number of rotatable bonds is 3. The number of nitrogens with zero attached hydrogens (tertiary/aromatic N) is 3. The van der Waals surface area contributed by atoms with Crippen molar-refractivity contribution >= 4 is 21.6 Å². The zero-order chi connectivity index (χ0) is 15.8. The van der Waals surface area contributed by atoms with E-state index in [0.717, 1.165) is 0 Å². The molecule has 2 aromatic rings. The van der Waals surface area contributed by atoms with Gasteiger partial charge >= 0.3 is 0 Å². The molecule has 0 spiro atoms. The number of hydrogen-bond acceptors (Lipinski definition) is 5. The van der Waals surface area contributed by atoms with E-state index in [9.17, 15) is 13.2 Å². The van der Waals surface area contributed by atoms with Gasteiger partial charge in [0.2, 0.25) is 10.0 Å². The first-order valence-electron chi connectivity index (χ1n) is 5.90. The number of primary sulfonamides is 1. The van der Waals surface area contributed by atoms with Crippen molar-refractivity contribution in [2.75, 3.05) is 19.8 Å². The Labute approximate surface area is 122 Å². The van der Waals surface area contributed by atoms with Gasteiger partial charge in [0.05, 0.1) is 16.3 Å². The average molecular weight is 309 g/mol. The number of amides is 1. The van der Waals surface area contributed by atoms with E-state index in [4.69, 9.17) is 10.9 Å². The molecular weight excluding hydrogens is 294 g/mol. The third kappa shape index (κ3) is 3.03. The molecule has 0 unspecified atom stereocenters. The van der Waals surface area contributed by atoms with Crippen LogP contribution in [-0.2, 0) is 10.0 Å². The number of nitrogens with two attached hydrogens (primary N) is 2. The molecule has 8 nitrogen and oxygen atoms in total. The molecule has 9 heteroatoms. The maximum Gasteiger partial charge on any atom is 0.273 e. The number of carbonyl (C=O) groups is 1. The highest BCUT2D eigenvalue weighted by molar-refractivity contribution is 7.89. The summed E-state index contributed by atoms with van der Waals surface area (Å²) < 4.78 is 24.1. The molecule has 0 radical (unpaired) electrons. The summed E-state index contributed by atoms with van der Waals surface area (Å²) in [4.78, 5) is 13.1. The SMILES string of the molecule is CN(C)C(=O)c1ccn(-c2cc(S(N)(=O)=O)ccc2N)n1. The number of hydrogen-bond donors (Lipinski definition) is 2. The van der Waals surface area contributed by atoms with Gasteiger partial charge in [-0.3, -0.25) is 4.79 Å². The van der Waals surface area contributed by atoms with Crippen LogP contribution in [0.2, 0.25) is 0 Å². The van der Waals surface area contributed by atoms with E-state index in [2.05, 4.69) is 5.10 Å². The third-order valence-electron chi connectivity index (χ3n) is 2.79. The summed E-state index contributed by atoms with van der Waals surface area (Å²) in [6, 6.07) is 5.56. The molecule has 0 fully saturated rings. The number of anilines is 1. The van der Waals surface area contributed by atoms with E-state index in [-0.39, 0.29) is 16.5 Å². The number of benzene rings is 1. The maximum absolute atomic E-state index is 11.8. The van der Waals surface area contributed by atoms with Crippen LogP contribution in [-0.4, -0.2) is 43.1 Å². The highest BCUT2D eigenvalue weighted by atomic mass is 32.2. The Morgan fingerprint density at radius 2 is 1.95 bits per heavy atom. The van der Waals surface area contributed by atoms with E-state index in [0.29, 0.717) is 11.4 Å². The van der Waals surface area contributed by atoms with Crippen LogP contribution in [0.4, 0.5) is 5.69 Å². The van der Waals surface area contributed by atoms with Crippen molar-refractivity contribution in [3.63, 3.8) is 0 Å². The second kappa shape index (κ2) is 5.19. The van der Waals surface area contributed by atoms with Gasteiger partial charge < -0.3 is 10.6 Å². The Kier molecular flexibility index (Phi) is 3.71. The van der Waals surface area contributed by atoms with Gasteiger partial charge in [0.1, 0.15) is 0 Å². The van der Waals surface area contributed by atoms with Crippen LogP contribution < -0.4 is 10.9 Å². The minimum absolute atomic E-state index is 0.0808. The van der Waals surface area contributed by atoms with Crippen molar-refractivity contribution in [1.82, 2.24) is 14.7 Å². The van der Waals surface area contributed by atoms with Crippen molar-refractivity contribution in [3.8, 4) is 5.69 Å². The normalized spacial score (nSPS) is 11.4. The Morgan fingerprint density at radius 3 is 2.52 bits per heavy atom. The van der Waals surface area contributed by atoms with E-state index >= 15 is 0 Å². The number of nitrogen functional groups attached to an aromatic ring is 1. The van der Waals surface area contributed by atoms with Crippen molar-refractivity contribution in [2.24, 2.45) is 5.14 Å². The Morgan fingerprint density at radius 1 is 1.29 bits per heavy atom. The van der Waals surface area contributed by atoms with Gasteiger partial charge in [0.15, 0.2) is 5.69 Å². The molecule has 1 amide bonds. The van der Waals surface area contributed by atoms with Crippen LogP contribution >= 0.6 is 0 Å². The first kappa shape index (κ1) is 15.0. The maximum atomic E-state index is 11.8. The molecule has 0 bridgehead atoms. The van der Waals surface area contributed by atoms with Crippen LogP contribution in [0.3, 0.4) is 0 Å². The minimum Gasteiger partial charge on any atom is -0.397 e. The smallest absolute Gasteiger partial charge is 0.273 e. The van der Waals surface area contributed by atoms with Crippen molar-refractivity contribution < 1.29 is 13.2 Å². The molecule has 1 heterocycles. The topological polar surface area (TPSA) is 124 Å². The minimum atomic E-state index is -3.84. The fourth-order valence-corrected chi connectivity index (χ4v) is 2.23. The lowest BCUT2D eigenvalue weighted by molar-refractivity contribution is 0.0821. The monoisotopic (exact) mass is 309 g/mol. The van der Waals surface area contributed by atoms with Crippen LogP contribution in [0.5, 0.6) is 0 Å². The molecule has 0 saturated carbocycles. The van der Waals surface area contributed by atoms with Crippen molar-refractivity contribution in [2.45, 2.75) is 4.90 Å². The lowest BCUT2D eigenvalue weighted by Crippen LogP contribution is -2.22. The second-order valence-corrected chi connectivity index (χ2v) is 6.17. The van der Waals surface area contributed by atoms with E-state index in [1.807, 2.05) is 0 Å². The highest BCUT2D eigenvalue weighted by Crippen LogP contribution is 2.21. The standard InChI is InChI=1S/C12H15N5O3S/c1-16(2)12(18)10-5-6-17(15-10)11-7-8(21(14,19)20)3-4-9(11)13/h3-7H,13H2,1-2H3,(H2,14,19,20). The molecule has 0 aliphatic carbocycles. The summed E-state index contributed by atoms with van der Waals surface area (Å²) >= 11 is 0. The first-order valence-corrected chi connectivity index (χ1v) is 7.45. The Hall–Kier alpha value is -2.39. The predicted molar refractivity (Wildman–Crippen MR) is 77.4 cm³/mol. The number of aromatic nitrogens is 2. The summed E-state index contributed by atoms with van der Waals surface area (Å²) in [5.41, 5.74) is 6.69. The Bertz CT molecular complexity index is 795. The Balaban J connectivity index is 2.50. The van der Waals surface area contributed by atoms with Crippen molar-refractivity contribution in [3.05, 3.63) is 36.2 Å². The number of carbonyl (C=O) groups excluding carboxylic acids is 1. The van der Waals surface area contributed by atoms with Crippen LogP contribution in [0.25, 0.3) is 5.69 Å². The molecule has 0 aliphatic heterocycles. The molecule has 0 aliphatic rings. The molecule has 1 aromatic heterocycles. The third-order valence-corrected chi connectivity index (χ3v) is 3.70. The second-order valence-electron chi connectivity index (χ2n) is 4.61. The molecule has 0 atom stereocenters. The predicted octanol–water partition coefficient (Wildman–Crippen LogP) is -0.196. The lowest BCUT2D eigenvalue weighted by atomic mass is 10.3.